The molecule has 200 valence electrons. The number of pyridine rings is 1. The first-order chi connectivity index (χ1) is 18.3. The highest BCUT2D eigenvalue weighted by Crippen LogP contribution is 2.30. The average molecular weight is 526 g/mol. The molecular formula is C26H29F2N7O3. The van der Waals surface area contributed by atoms with Crippen molar-refractivity contribution in [2.75, 3.05) is 31.6 Å². The van der Waals surface area contributed by atoms with E-state index < -0.39 is 11.6 Å². The number of aromatic nitrogens is 5. The number of nitrogens with one attached hydrogen (secondary N) is 1. The van der Waals surface area contributed by atoms with Gasteiger partial charge in [0.05, 0.1) is 24.9 Å². The number of fused-ring (bicyclic) bond motifs is 1. The van der Waals surface area contributed by atoms with Crippen LogP contribution in [0.1, 0.15) is 31.3 Å². The number of rotatable bonds is 6. The van der Waals surface area contributed by atoms with E-state index in [9.17, 15) is 8.78 Å². The van der Waals surface area contributed by atoms with Gasteiger partial charge in [-0.05, 0) is 44.5 Å². The Bertz CT molecular complexity index is 1400. The summed E-state index contributed by atoms with van der Waals surface area (Å²) in [6.07, 6.45) is 2.87. The van der Waals surface area contributed by atoms with Gasteiger partial charge in [0.2, 0.25) is 5.95 Å². The average Bonchev–Trinajstić information content (AvgIpc) is 3.24. The maximum Gasteiger partial charge on any atom is 0.290 e. The van der Waals surface area contributed by atoms with Crippen LogP contribution in [-0.2, 0) is 16.1 Å². The third-order valence-corrected chi connectivity index (χ3v) is 6.03. The Morgan fingerprint density at radius 1 is 1.11 bits per heavy atom. The summed E-state index contributed by atoms with van der Waals surface area (Å²) in [5, 5.41) is 9.90. The van der Waals surface area contributed by atoms with Crippen LogP contribution in [0.15, 0.2) is 36.7 Å². The van der Waals surface area contributed by atoms with Crippen LogP contribution >= 0.6 is 0 Å². The Balaban J connectivity index is 0.00000107. The SMILES string of the molecule is Cc1nc2c(F)cc(-c3nc(Nc4ccc(CN5CCOCC5)cn4)ncc3F)cc2n1C(C)C.O=CO. The van der Waals surface area contributed by atoms with E-state index in [4.69, 9.17) is 14.6 Å². The molecule has 4 aromatic rings. The van der Waals surface area contributed by atoms with E-state index in [2.05, 4.69) is 30.2 Å². The molecule has 2 N–H and O–H groups in total. The lowest BCUT2D eigenvalue weighted by Gasteiger charge is -2.26. The number of benzene rings is 1. The highest BCUT2D eigenvalue weighted by molar-refractivity contribution is 5.83. The molecule has 0 bridgehead atoms. The van der Waals surface area contributed by atoms with Crippen molar-refractivity contribution < 1.29 is 23.4 Å². The molecule has 0 amide bonds. The molecule has 4 heterocycles. The summed E-state index contributed by atoms with van der Waals surface area (Å²) in [6.45, 7) is 9.64. The highest BCUT2D eigenvalue weighted by atomic mass is 19.1. The molecule has 3 aromatic heterocycles. The predicted octanol–water partition coefficient (Wildman–Crippen LogP) is 4.33. The Labute approximate surface area is 218 Å². The van der Waals surface area contributed by atoms with Gasteiger partial charge in [0.25, 0.3) is 6.47 Å². The van der Waals surface area contributed by atoms with Gasteiger partial charge in [0.1, 0.15) is 22.9 Å². The number of ether oxygens (including phenoxy) is 1. The normalized spacial score (nSPS) is 13.8. The van der Waals surface area contributed by atoms with Crippen molar-refractivity contribution >= 4 is 29.3 Å². The Kier molecular flexibility index (Phi) is 8.54. The van der Waals surface area contributed by atoms with Crippen molar-refractivity contribution in [3.05, 3.63) is 59.7 Å². The minimum absolute atomic E-state index is 0.00129. The number of morpholine rings is 1. The molecule has 5 rings (SSSR count). The Morgan fingerprint density at radius 3 is 2.50 bits per heavy atom. The molecule has 1 fully saturated rings. The summed E-state index contributed by atoms with van der Waals surface area (Å²) in [7, 11) is 0. The van der Waals surface area contributed by atoms with Crippen molar-refractivity contribution in [3.8, 4) is 11.3 Å². The van der Waals surface area contributed by atoms with Crippen molar-refractivity contribution in [1.82, 2.24) is 29.4 Å². The van der Waals surface area contributed by atoms with Gasteiger partial charge in [-0.1, -0.05) is 6.07 Å². The number of hydrogen-bond acceptors (Lipinski definition) is 8. The third kappa shape index (κ3) is 6.09. The van der Waals surface area contributed by atoms with E-state index in [-0.39, 0.29) is 29.7 Å². The molecule has 1 saturated heterocycles. The number of hydrogen-bond donors (Lipinski definition) is 2. The first-order valence-corrected chi connectivity index (χ1v) is 12.1. The van der Waals surface area contributed by atoms with Crippen LogP contribution < -0.4 is 5.32 Å². The highest BCUT2D eigenvalue weighted by Gasteiger charge is 2.18. The molecule has 0 spiro atoms. The van der Waals surface area contributed by atoms with Crippen LogP contribution in [0.3, 0.4) is 0 Å². The smallest absolute Gasteiger partial charge is 0.290 e. The van der Waals surface area contributed by atoms with Crippen molar-refractivity contribution in [2.45, 2.75) is 33.4 Å². The summed E-state index contributed by atoms with van der Waals surface area (Å²) < 4.78 is 36.9. The molecule has 1 aromatic carbocycles. The van der Waals surface area contributed by atoms with Gasteiger partial charge in [0.15, 0.2) is 11.6 Å². The predicted molar refractivity (Wildman–Crippen MR) is 138 cm³/mol. The van der Waals surface area contributed by atoms with Gasteiger partial charge in [-0.25, -0.2) is 28.7 Å². The summed E-state index contributed by atoms with van der Waals surface area (Å²) in [4.78, 5) is 27.8. The fourth-order valence-electron chi connectivity index (χ4n) is 4.41. The lowest BCUT2D eigenvalue weighted by molar-refractivity contribution is -0.122. The minimum atomic E-state index is -0.643. The summed E-state index contributed by atoms with van der Waals surface area (Å²) in [5.41, 5.74) is 2.25. The monoisotopic (exact) mass is 525 g/mol. The molecule has 0 atom stereocenters. The largest absolute Gasteiger partial charge is 0.483 e. The molecule has 1 aliphatic rings. The molecule has 0 aliphatic carbocycles. The second-order valence-electron chi connectivity index (χ2n) is 9.01. The van der Waals surface area contributed by atoms with E-state index in [1.165, 1.54) is 6.07 Å². The number of carbonyl (C=O) groups is 1. The number of nitrogens with zero attached hydrogens (tertiary/aromatic N) is 6. The van der Waals surface area contributed by atoms with Crippen LogP contribution in [0, 0.1) is 18.6 Å². The van der Waals surface area contributed by atoms with Crippen LogP contribution in [-0.4, -0.2) is 67.3 Å². The Hall–Kier alpha value is -4.03. The summed E-state index contributed by atoms with van der Waals surface area (Å²) >= 11 is 0. The molecule has 10 nitrogen and oxygen atoms in total. The van der Waals surface area contributed by atoms with Crippen molar-refractivity contribution in [3.63, 3.8) is 0 Å². The maximum atomic E-state index is 14.9. The first-order valence-electron chi connectivity index (χ1n) is 12.1. The zero-order chi connectivity index (χ0) is 27.2. The van der Waals surface area contributed by atoms with Gasteiger partial charge in [-0.15, -0.1) is 0 Å². The molecule has 0 unspecified atom stereocenters. The van der Waals surface area contributed by atoms with E-state index in [0.29, 0.717) is 22.7 Å². The molecular weight excluding hydrogens is 496 g/mol. The number of halogens is 2. The quantitative estimate of drug-likeness (QED) is 0.355. The van der Waals surface area contributed by atoms with E-state index in [1.807, 2.05) is 37.5 Å². The van der Waals surface area contributed by atoms with Crippen LogP contribution in [0.2, 0.25) is 0 Å². The van der Waals surface area contributed by atoms with Gasteiger partial charge >= 0.3 is 0 Å². The molecule has 0 saturated carbocycles. The zero-order valence-corrected chi connectivity index (χ0v) is 21.4. The van der Waals surface area contributed by atoms with Crippen LogP contribution in [0.4, 0.5) is 20.5 Å². The lowest BCUT2D eigenvalue weighted by atomic mass is 10.1. The summed E-state index contributed by atoms with van der Waals surface area (Å²) in [5.74, 6) is 0.229. The lowest BCUT2D eigenvalue weighted by Crippen LogP contribution is -2.35. The van der Waals surface area contributed by atoms with Crippen molar-refractivity contribution in [1.29, 1.82) is 0 Å². The zero-order valence-electron chi connectivity index (χ0n) is 21.4. The molecule has 1 aliphatic heterocycles. The molecule has 38 heavy (non-hydrogen) atoms. The summed E-state index contributed by atoms with van der Waals surface area (Å²) in [6, 6.07) is 6.85. The van der Waals surface area contributed by atoms with Gasteiger partial charge < -0.3 is 19.7 Å². The fraction of sp³-hybridized carbons (Fsp3) is 0.346. The van der Waals surface area contributed by atoms with Crippen LogP contribution in [0.5, 0.6) is 0 Å². The van der Waals surface area contributed by atoms with Gasteiger partial charge in [0, 0.05) is 37.4 Å². The van der Waals surface area contributed by atoms with Crippen molar-refractivity contribution in [2.24, 2.45) is 0 Å². The van der Waals surface area contributed by atoms with Gasteiger partial charge in [-0.3, -0.25) is 9.69 Å². The number of carboxylic acid groups (broad SMARTS) is 1. The topological polar surface area (TPSA) is 118 Å². The molecule has 0 radical (unpaired) electrons. The molecule has 12 heteroatoms. The second-order valence-corrected chi connectivity index (χ2v) is 9.01. The van der Waals surface area contributed by atoms with Crippen LogP contribution in [0.25, 0.3) is 22.3 Å². The standard InChI is InChI=1S/C25H27F2N7O.CH2O2/c1-15(2)34-16(3)30-24-19(26)10-18(11-21(24)34)23-20(27)13-29-25(32-23)31-22-5-4-17(12-28-22)14-33-6-8-35-9-7-33;2-1-3/h4-5,10-13,15H,6-9,14H2,1-3H3,(H,28,29,31,32);1H,(H,2,3). The van der Waals surface area contributed by atoms with E-state index >= 15 is 0 Å². The maximum absolute atomic E-state index is 14.9. The van der Waals surface area contributed by atoms with E-state index in [1.54, 1.807) is 12.3 Å². The number of aryl methyl sites for hydroxylation is 1. The van der Waals surface area contributed by atoms with E-state index in [0.717, 1.165) is 44.6 Å². The van der Waals surface area contributed by atoms with Gasteiger partial charge in [-0.2, -0.15) is 0 Å². The third-order valence-electron chi connectivity index (χ3n) is 6.03. The minimum Gasteiger partial charge on any atom is -0.483 e. The number of imidazole rings is 1. The number of anilines is 2. The Morgan fingerprint density at radius 2 is 1.84 bits per heavy atom. The fourth-order valence-corrected chi connectivity index (χ4v) is 4.41. The second kappa shape index (κ2) is 12.0. The first kappa shape index (κ1) is 27.0.